The fourth-order valence-electron chi connectivity index (χ4n) is 2.88. The number of aryl methyl sites for hydroxylation is 2. The fourth-order valence-corrected chi connectivity index (χ4v) is 3.48. The van der Waals surface area contributed by atoms with Crippen molar-refractivity contribution in [2.24, 2.45) is 0 Å². The molecule has 0 unspecified atom stereocenters. The molecule has 28 heavy (non-hydrogen) atoms. The maximum absolute atomic E-state index is 12.6. The summed E-state index contributed by atoms with van der Waals surface area (Å²) in [6, 6.07) is 14.2. The number of pyridine rings is 1. The van der Waals surface area contributed by atoms with Gasteiger partial charge in [0, 0.05) is 44.7 Å². The van der Waals surface area contributed by atoms with Crippen LogP contribution in [-0.4, -0.2) is 46.4 Å². The van der Waals surface area contributed by atoms with Gasteiger partial charge in [-0.15, -0.1) is 0 Å². The van der Waals surface area contributed by atoms with Crippen LogP contribution in [0.5, 0.6) is 0 Å². The molecule has 2 aromatic rings. The molecule has 6 heteroatoms. The van der Waals surface area contributed by atoms with Crippen LogP contribution in [0.3, 0.4) is 0 Å². The molecular weight excluding hydrogens is 370 g/mol. The molecule has 0 saturated heterocycles. The van der Waals surface area contributed by atoms with E-state index in [4.69, 9.17) is 0 Å². The van der Waals surface area contributed by atoms with Crippen molar-refractivity contribution in [2.45, 2.75) is 32.6 Å². The van der Waals surface area contributed by atoms with Crippen molar-refractivity contribution >= 4 is 22.9 Å². The van der Waals surface area contributed by atoms with Gasteiger partial charge in [0.05, 0.1) is 0 Å². The van der Waals surface area contributed by atoms with Crippen LogP contribution in [0.25, 0.3) is 0 Å². The summed E-state index contributed by atoms with van der Waals surface area (Å²) in [6.07, 6.45) is 7.21. The molecule has 0 radical (unpaired) electrons. The third kappa shape index (κ3) is 9.04. The Labute approximate surface area is 171 Å². The summed E-state index contributed by atoms with van der Waals surface area (Å²) in [5.74, 6) is 0.630. The first-order valence-corrected chi connectivity index (χ1v) is 10.7. The van der Waals surface area contributed by atoms with Crippen LogP contribution in [0.1, 0.15) is 30.9 Å². The van der Waals surface area contributed by atoms with Gasteiger partial charge >= 0.3 is 6.03 Å². The highest BCUT2D eigenvalue weighted by molar-refractivity contribution is 8.13. The number of nitrogens with one attached hydrogen (secondary N) is 1. The number of urea groups is 1. The summed E-state index contributed by atoms with van der Waals surface area (Å²) in [6.45, 7) is 3.46. The van der Waals surface area contributed by atoms with Gasteiger partial charge in [-0.1, -0.05) is 42.1 Å². The normalized spacial score (nSPS) is 10.5. The zero-order valence-corrected chi connectivity index (χ0v) is 17.3. The minimum Gasteiger partial charge on any atom is -0.338 e. The molecule has 0 aliphatic rings. The number of nitrogens with zero attached hydrogens (tertiary/aromatic N) is 2. The Hall–Kier alpha value is -2.34. The van der Waals surface area contributed by atoms with Crippen LogP contribution in [0.4, 0.5) is 4.79 Å². The lowest BCUT2D eigenvalue weighted by molar-refractivity contribution is -0.109. The van der Waals surface area contributed by atoms with E-state index >= 15 is 0 Å². The molecule has 1 N–H and O–H groups in total. The molecule has 1 aromatic carbocycles. The summed E-state index contributed by atoms with van der Waals surface area (Å²) < 4.78 is 0. The van der Waals surface area contributed by atoms with Crippen LogP contribution in [-0.2, 0) is 17.6 Å². The molecule has 0 saturated carbocycles. The van der Waals surface area contributed by atoms with Gasteiger partial charge in [-0.3, -0.25) is 9.78 Å². The summed E-state index contributed by atoms with van der Waals surface area (Å²) in [7, 11) is 0. The minimum absolute atomic E-state index is 0.0491. The maximum atomic E-state index is 12.6. The van der Waals surface area contributed by atoms with E-state index < -0.39 is 0 Å². The van der Waals surface area contributed by atoms with Crippen LogP contribution in [0.2, 0.25) is 0 Å². The zero-order chi connectivity index (χ0) is 20.0. The average Bonchev–Trinajstić information content (AvgIpc) is 2.71. The smallest absolute Gasteiger partial charge is 0.317 e. The van der Waals surface area contributed by atoms with Crippen molar-refractivity contribution in [3.8, 4) is 0 Å². The third-order valence-electron chi connectivity index (χ3n) is 4.36. The largest absolute Gasteiger partial charge is 0.338 e. The molecule has 0 aliphatic heterocycles. The number of carbonyl (C=O) groups is 2. The monoisotopic (exact) mass is 399 g/mol. The zero-order valence-electron chi connectivity index (χ0n) is 16.5. The van der Waals surface area contributed by atoms with E-state index in [1.165, 1.54) is 22.9 Å². The highest BCUT2D eigenvalue weighted by atomic mass is 32.2. The first-order chi connectivity index (χ1) is 13.6. The number of carbonyl (C=O) groups excluding carboxylic acids is 2. The first kappa shape index (κ1) is 22.0. The van der Waals surface area contributed by atoms with Crippen molar-refractivity contribution in [1.29, 1.82) is 0 Å². The maximum Gasteiger partial charge on any atom is 0.317 e. The molecule has 0 atom stereocenters. The Morgan fingerprint density at radius 3 is 2.36 bits per heavy atom. The molecule has 2 rings (SSSR count). The molecule has 1 heterocycles. The van der Waals surface area contributed by atoms with E-state index in [9.17, 15) is 9.59 Å². The van der Waals surface area contributed by atoms with Gasteiger partial charge in [0.25, 0.3) is 0 Å². The van der Waals surface area contributed by atoms with Crippen molar-refractivity contribution in [1.82, 2.24) is 15.2 Å². The minimum atomic E-state index is -0.0491. The number of hydrogen-bond donors (Lipinski definition) is 1. The SMILES string of the molecule is CC(=O)SCCN(CCCc1ccccc1)C(=O)NCCCc1ccncc1. The van der Waals surface area contributed by atoms with Crippen LogP contribution in [0, 0.1) is 0 Å². The predicted molar refractivity (Wildman–Crippen MR) is 115 cm³/mol. The molecule has 5 nitrogen and oxygen atoms in total. The lowest BCUT2D eigenvalue weighted by Crippen LogP contribution is -2.42. The molecule has 2 amide bonds. The van der Waals surface area contributed by atoms with Gasteiger partial charge in [-0.2, -0.15) is 0 Å². The second-order valence-electron chi connectivity index (χ2n) is 6.61. The van der Waals surface area contributed by atoms with E-state index in [1.807, 2.05) is 35.2 Å². The van der Waals surface area contributed by atoms with E-state index in [2.05, 4.69) is 22.4 Å². The van der Waals surface area contributed by atoms with E-state index in [0.717, 1.165) is 25.7 Å². The first-order valence-electron chi connectivity index (χ1n) is 9.74. The molecular formula is C22H29N3O2S. The van der Waals surface area contributed by atoms with Crippen LogP contribution in [0.15, 0.2) is 54.9 Å². The van der Waals surface area contributed by atoms with Crippen molar-refractivity contribution in [3.63, 3.8) is 0 Å². The van der Waals surface area contributed by atoms with Gasteiger partial charge in [-0.25, -0.2) is 4.79 Å². The lowest BCUT2D eigenvalue weighted by Gasteiger charge is -2.23. The van der Waals surface area contributed by atoms with Crippen LogP contribution >= 0.6 is 11.8 Å². The van der Waals surface area contributed by atoms with Gasteiger partial charge in [0.15, 0.2) is 5.12 Å². The van der Waals surface area contributed by atoms with Crippen molar-refractivity contribution < 1.29 is 9.59 Å². The Morgan fingerprint density at radius 2 is 1.64 bits per heavy atom. The lowest BCUT2D eigenvalue weighted by atomic mass is 10.1. The van der Waals surface area contributed by atoms with Crippen LogP contribution < -0.4 is 5.32 Å². The molecule has 150 valence electrons. The second-order valence-corrected chi connectivity index (χ2v) is 7.88. The Kier molecular flexibility index (Phi) is 10.1. The Bertz CT molecular complexity index is 710. The Morgan fingerprint density at radius 1 is 0.964 bits per heavy atom. The summed E-state index contributed by atoms with van der Waals surface area (Å²) in [5.41, 5.74) is 2.50. The highest BCUT2D eigenvalue weighted by Gasteiger charge is 2.13. The number of hydrogen-bond acceptors (Lipinski definition) is 4. The third-order valence-corrected chi connectivity index (χ3v) is 5.15. The summed E-state index contributed by atoms with van der Waals surface area (Å²) in [4.78, 5) is 29.6. The van der Waals surface area contributed by atoms with Gasteiger partial charge in [-0.05, 0) is 48.9 Å². The number of aromatic nitrogens is 1. The predicted octanol–water partition coefficient (Wildman–Crippen LogP) is 3.94. The topological polar surface area (TPSA) is 62.3 Å². The molecule has 0 spiro atoms. The quantitative estimate of drug-likeness (QED) is 0.582. The fraction of sp³-hybridized carbons (Fsp3) is 0.409. The van der Waals surface area contributed by atoms with Gasteiger partial charge < -0.3 is 10.2 Å². The molecule has 0 fully saturated rings. The van der Waals surface area contributed by atoms with Crippen molar-refractivity contribution in [3.05, 3.63) is 66.0 Å². The average molecular weight is 400 g/mol. The number of rotatable bonds is 11. The van der Waals surface area contributed by atoms with Crippen molar-refractivity contribution in [2.75, 3.05) is 25.4 Å². The van der Waals surface area contributed by atoms with E-state index in [-0.39, 0.29) is 11.1 Å². The van der Waals surface area contributed by atoms with E-state index in [1.54, 1.807) is 19.3 Å². The molecule has 1 aromatic heterocycles. The summed E-state index contributed by atoms with van der Waals surface area (Å²) >= 11 is 1.27. The number of thioether (sulfide) groups is 1. The van der Waals surface area contributed by atoms with E-state index in [0.29, 0.717) is 25.4 Å². The highest BCUT2D eigenvalue weighted by Crippen LogP contribution is 2.07. The second kappa shape index (κ2) is 12.9. The number of amides is 2. The summed E-state index contributed by atoms with van der Waals surface area (Å²) in [5, 5.41) is 3.10. The molecule has 0 aliphatic carbocycles. The Balaban J connectivity index is 1.75. The number of benzene rings is 1. The standard InChI is InChI=1S/C22H29N3O2S/c1-19(26)28-18-17-25(16-6-10-20-7-3-2-4-8-20)22(27)24-13-5-9-21-11-14-23-15-12-21/h2-4,7-8,11-12,14-15H,5-6,9-10,13,16-18H2,1H3,(H,24,27). The van der Waals surface area contributed by atoms with Gasteiger partial charge in [0.2, 0.25) is 0 Å². The molecule has 0 bridgehead atoms. The van der Waals surface area contributed by atoms with Gasteiger partial charge in [0.1, 0.15) is 0 Å².